The van der Waals surface area contributed by atoms with Gasteiger partial charge in [0, 0.05) is 44.7 Å². The Morgan fingerprint density at radius 3 is 1.31 bits per heavy atom. The molecule has 0 aromatic heterocycles. The number of amides is 3. The lowest BCUT2D eigenvalue weighted by molar-refractivity contribution is -0.123. The number of nitrogens with two attached hydrogens (primary N) is 1. The van der Waals surface area contributed by atoms with Crippen LogP contribution in [0.1, 0.15) is 66.9 Å². The van der Waals surface area contributed by atoms with Crippen LogP contribution in [-0.4, -0.2) is 39.9 Å². The number of benzene rings is 8. The van der Waals surface area contributed by atoms with Crippen LogP contribution in [0.25, 0.3) is 0 Å². The molecule has 0 aliphatic heterocycles. The van der Waals surface area contributed by atoms with E-state index in [0.29, 0.717) is 36.8 Å². The summed E-state index contributed by atoms with van der Waals surface area (Å²) in [5.41, 5.74) is 14.4. The Labute approximate surface area is 448 Å². The maximum atomic E-state index is 13.7. The number of carboxylic acids is 1. The van der Waals surface area contributed by atoms with Gasteiger partial charge in [0.2, 0.25) is 11.8 Å². The van der Waals surface area contributed by atoms with Crippen LogP contribution in [0, 0.1) is 0 Å². The molecule has 0 bridgehead atoms. The van der Waals surface area contributed by atoms with Crippen LogP contribution in [0.3, 0.4) is 0 Å². The quantitative estimate of drug-likeness (QED) is 0.0717. The van der Waals surface area contributed by atoms with E-state index in [0.717, 1.165) is 46.2 Å². The Balaban J connectivity index is 0.000000187. The zero-order valence-electron chi connectivity index (χ0n) is 40.8. The van der Waals surface area contributed by atoms with E-state index in [4.69, 9.17) is 10.8 Å². The molecule has 0 heterocycles. The molecule has 0 fully saturated rings. The van der Waals surface area contributed by atoms with Crippen LogP contribution in [0.5, 0.6) is 0 Å². The van der Waals surface area contributed by atoms with E-state index >= 15 is 0 Å². The Bertz CT molecular complexity index is 3100. The van der Waals surface area contributed by atoms with Crippen molar-refractivity contribution >= 4 is 71.0 Å². The van der Waals surface area contributed by atoms with Gasteiger partial charge in [0.25, 0.3) is 5.91 Å². The molecule has 2 aliphatic rings. The third kappa shape index (κ3) is 15.1. The number of aryl methyl sites for hydroxylation is 2. The Hall–Kier alpha value is -7.41. The first-order valence-electron chi connectivity index (χ1n) is 24.3. The molecule has 8 aromatic rings. The normalized spacial score (nSPS) is 16.1. The molecule has 2 aliphatic carbocycles. The summed E-state index contributed by atoms with van der Waals surface area (Å²) in [5.74, 6) is 0.407. The molecule has 0 radical (unpaired) electrons. The van der Waals surface area contributed by atoms with Gasteiger partial charge >= 0.3 is 5.97 Å². The molecular weight excluding hydrogens is 980 g/mol. The van der Waals surface area contributed by atoms with Crippen molar-refractivity contribution in [2.75, 3.05) is 10.6 Å². The standard InChI is InChI=1S/C31H28N2O2S.C24H24N2OS.C7H6O2.ClH/c34-29(25-12-5-2-6-13-25)33-31(20-19-24-11-7-8-14-26(24)21-31)30(35)32-27-15-17-28(18-16-27)36-22-23-9-3-1-4-10-23;25-24(15-14-19-8-4-5-9-20(19)16-24)23(27)26-21-10-12-22(13-11-21)28-17-18-6-2-1-3-7-18;8-7(9)6-4-2-1-3-5-6;/h1-18H,19-22H2,(H,32,35)(H,33,34);1-13H,14-17,25H2,(H,26,27);1-5H,(H,8,9);1H. The molecule has 12 heteroatoms. The van der Waals surface area contributed by atoms with Crippen molar-refractivity contribution in [3.63, 3.8) is 0 Å². The molecule has 0 saturated carbocycles. The monoisotopic (exact) mass is 1040 g/mol. The topological polar surface area (TPSA) is 151 Å². The molecule has 0 spiro atoms. The summed E-state index contributed by atoms with van der Waals surface area (Å²) < 4.78 is 0. The van der Waals surface area contributed by atoms with Gasteiger partial charge in [-0.2, -0.15) is 0 Å². The van der Waals surface area contributed by atoms with E-state index < -0.39 is 17.0 Å². The summed E-state index contributed by atoms with van der Waals surface area (Å²) in [6.45, 7) is 0. The number of hydrogen-bond acceptors (Lipinski definition) is 7. The number of aromatic carboxylic acids is 1. The number of fused-ring (bicyclic) bond motifs is 2. The second kappa shape index (κ2) is 26.5. The minimum Gasteiger partial charge on any atom is -0.478 e. The number of carboxylic acid groups (broad SMARTS) is 1. The minimum absolute atomic E-state index is 0. The number of nitrogens with one attached hydrogen (secondary N) is 3. The highest BCUT2D eigenvalue weighted by Gasteiger charge is 2.43. The van der Waals surface area contributed by atoms with Crippen LogP contribution in [-0.2, 0) is 46.8 Å². The molecule has 6 N–H and O–H groups in total. The average Bonchev–Trinajstić information content (AvgIpc) is 3.44. The van der Waals surface area contributed by atoms with Crippen molar-refractivity contribution in [1.82, 2.24) is 5.32 Å². The van der Waals surface area contributed by atoms with Crippen LogP contribution in [0.15, 0.2) is 228 Å². The first kappa shape index (κ1) is 54.4. The fourth-order valence-corrected chi connectivity index (χ4v) is 10.5. The van der Waals surface area contributed by atoms with Crippen molar-refractivity contribution in [1.29, 1.82) is 0 Å². The summed E-state index contributed by atoms with van der Waals surface area (Å²) in [5, 5.41) is 17.6. The summed E-state index contributed by atoms with van der Waals surface area (Å²) >= 11 is 3.54. The average molecular weight is 1040 g/mol. The van der Waals surface area contributed by atoms with Gasteiger partial charge in [-0.25, -0.2) is 4.79 Å². The number of carbonyl (C=O) groups is 4. The van der Waals surface area contributed by atoms with E-state index in [1.807, 2.05) is 121 Å². The Kier molecular flexibility index (Phi) is 19.5. The van der Waals surface area contributed by atoms with E-state index in [1.54, 1.807) is 66.0 Å². The minimum atomic E-state index is -1.03. The number of thioether (sulfide) groups is 2. The van der Waals surface area contributed by atoms with E-state index in [9.17, 15) is 19.2 Å². The lowest BCUT2D eigenvalue weighted by Crippen LogP contribution is -2.59. The number of halogens is 1. The van der Waals surface area contributed by atoms with Crippen LogP contribution in [0.2, 0.25) is 0 Å². The van der Waals surface area contributed by atoms with Crippen LogP contribution >= 0.6 is 35.9 Å². The summed E-state index contributed by atoms with van der Waals surface area (Å²) in [7, 11) is 0. The van der Waals surface area contributed by atoms with E-state index in [1.165, 1.54) is 32.7 Å². The van der Waals surface area contributed by atoms with Crippen molar-refractivity contribution in [2.45, 2.75) is 70.9 Å². The summed E-state index contributed by atoms with van der Waals surface area (Å²) in [6.07, 6.45) is 3.82. The molecule has 8 aromatic carbocycles. The molecule has 376 valence electrons. The predicted octanol–water partition coefficient (Wildman–Crippen LogP) is 12.9. The highest BCUT2D eigenvalue weighted by atomic mass is 35.5. The molecule has 2 unspecified atom stereocenters. The van der Waals surface area contributed by atoms with Gasteiger partial charge in [-0.3, -0.25) is 14.4 Å². The summed E-state index contributed by atoms with van der Waals surface area (Å²) in [4.78, 5) is 52.2. The third-order valence-electron chi connectivity index (χ3n) is 12.9. The zero-order chi connectivity index (χ0) is 50.9. The number of rotatable bonds is 13. The SMILES string of the molecule is Cl.NC1(C(=O)Nc2ccc(SCc3ccccc3)cc2)CCc2ccccc2C1.O=C(NC1(C(=O)Nc2ccc(SCc3ccccc3)cc2)CCc2ccccc2C1)c1ccccc1.O=C(O)c1ccccc1. The first-order chi connectivity index (χ1) is 35.5. The molecule has 9 nitrogen and oxygen atoms in total. The first-order valence-corrected chi connectivity index (χ1v) is 26.3. The molecule has 74 heavy (non-hydrogen) atoms. The Morgan fingerprint density at radius 2 is 0.851 bits per heavy atom. The molecule has 2 atom stereocenters. The predicted molar refractivity (Wildman–Crippen MR) is 303 cm³/mol. The van der Waals surface area contributed by atoms with Crippen molar-refractivity contribution in [2.24, 2.45) is 5.73 Å². The van der Waals surface area contributed by atoms with Gasteiger partial charge in [0.05, 0.1) is 5.56 Å². The Morgan fingerprint density at radius 1 is 0.459 bits per heavy atom. The van der Waals surface area contributed by atoms with Gasteiger partial charge in [0.1, 0.15) is 11.1 Å². The second-order valence-corrected chi connectivity index (χ2v) is 20.2. The molecule has 0 saturated heterocycles. The van der Waals surface area contributed by atoms with Gasteiger partial charge in [0.15, 0.2) is 0 Å². The fraction of sp³-hybridized carbons (Fsp3) is 0.161. The largest absolute Gasteiger partial charge is 0.478 e. The third-order valence-corrected chi connectivity index (χ3v) is 15.1. The molecular formula is C62H59ClN4O5S2. The van der Waals surface area contributed by atoms with Gasteiger partial charge < -0.3 is 26.8 Å². The molecule has 10 rings (SSSR count). The zero-order valence-corrected chi connectivity index (χ0v) is 43.3. The number of anilines is 2. The maximum absolute atomic E-state index is 13.7. The van der Waals surface area contributed by atoms with E-state index in [-0.39, 0.29) is 30.1 Å². The van der Waals surface area contributed by atoms with E-state index in [2.05, 4.69) is 70.5 Å². The second-order valence-electron chi connectivity index (χ2n) is 18.1. The highest BCUT2D eigenvalue weighted by Crippen LogP contribution is 2.33. The van der Waals surface area contributed by atoms with Gasteiger partial charge in [-0.1, -0.05) is 146 Å². The van der Waals surface area contributed by atoms with Gasteiger partial charge in [-0.15, -0.1) is 35.9 Å². The summed E-state index contributed by atoms with van der Waals surface area (Å²) in [6, 6.07) is 70.4. The van der Waals surface area contributed by atoms with Crippen molar-refractivity contribution in [3.8, 4) is 0 Å². The highest BCUT2D eigenvalue weighted by molar-refractivity contribution is 7.98. The molecule has 3 amide bonds. The lowest BCUT2D eigenvalue weighted by Gasteiger charge is -2.37. The van der Waals surface area contributed by atoms with Crippen molar-refractivity contribution < 1.29 is 24.3 Å². The van der Waals surface area contributed by atoms with Gasteiger partial charge in [-0.05, 0) is 138 Å². The van der Waals surface area contributed by atoms with Crippen LogP contribution < -0.4 is 21.7 Å². The van der Waals surface area contributed by atoms with Crippen LogP contribution in [0.4, 0.5) is 11.4 Å². The maximum Gasteiger partial charge on any atom is 0.335 e. The van der Waals surface area contributed by atoms with Crippen molar-refractivity contribution in [3.05, 3.63) is 263 Å². The lowest BCUT2D eigenvalue weighted by atomic mass is 9.77. The number of carbonyl (C=O) groups excluding carboxylic acids is 3. The fourth-order valence-electron chi connectivity index (χ4n) is 8.76. The smallest absolute Gasteiger partial charge is 0.335 e. The number of hydrogen-bond donors (Lipinski definition) is 5.